The van der Waals surface area contributed by atoms with Gasteiger partial charge in [-0.05, 0) is 17.7 Å². The van der Waals surface area contributed by atoms with Crippen LogP contribution < -0.4 is 10.2 Å². The van der Waals surface area contributed by atoms with Crippen molar-refractivity contribution in [3.63, 3.8) is 0 Å². The maximum atomic E-state index is 4.81. The molecule has 2 heterocycles. The van der Waals surface area contributed by atoms with Crippen LogP contribution in [0.2, 0.25) is 0 Å². The maximum absolute atomic E-state index is 4.81. The molecule has 2 aromatic carbocycles. The second-order valence-electron chi connectivity index (χ2n) is 6.82. The SMILES string of the molecule is CN(Cc1ccccc1)c1nc(NCc2ccccn2)cc(-c2ccccc2)n1. The van der Waals surface area contributed by atoms with Gasteiger partial charge in [0.05, 0.1) is 17.9 Å². The molecule has 0 atom stereocenters. The van der Waals surface area contributed by atoms with Crippen molar-refractivity contribution < 1.29 is 0 Å². The lowest BCUT2D eigenvalue weighted by atomic mass is 10.1. The number of hydrogen-bond acceptors (Lipinski definition) is 5. The number of rotatable bonds is 7. The van der Waals surface area contributed by atoms with E-state index in [1.54, 1.807) is 6.20 Å². The maximum Gasteiger partial charge on any atom is 0.227 e. The zero-order valence-electron chi connectivity index (χ0n) is 16.4. The second-order valence-corrected chi connectivity index (χ2v) is 6.82. The highest BCUT2D eigenvalue weighted by molar-refractivity contribution is 5.64. The van der Waals surface area contributed by atoms with Gasteiger partial charge >= 0.3 is 0 Å². The number of aromatic nitrogens is 3. The van der Waals surface area contributed by atoms with Crippen LogP contribution in [0.15, 0.2) is 91.1 Å². The molecular formula is C24H23N5. The first-order valence-electron chi connectivity index (χ1n) is 9.61. The molecule has 0 saturated carbocycles. The van der Waals surface area contributed by atoms with Crippen molar-refractivity contribution in [3.05, 3.63) is 102 Å². The van der Waals surface area contributed by atoms with E-state index in [1.165, 1.54) is 5.56 Å². The predicted octanol–water partition coefficient (Wildman–Crippen LogP) is 4.79. The fourth-order valence-corrected chi connectivity index (χ4v) is 3.06. The van der Waals surface area contributed by atoms with Crippen LogP contribution in [0, 0.1) is 0 Å². The molecule has 0 aliphatic rings. The molecule has 5 heteroatoms. The van der Waals surface area contributed by atoms with Gasteiger partial charge in [0, 0.05) is 31.4 Å². The fourth-order valence-electron chi connectivity index (χ4n) is 3.06. The van der Waals surface area contributed by atoms with E-state index in [9.17, 15) is 0 Å². The average molecular weight is 381 g/mol. The number of anilines is 2. The molecule has 4 rings (SSSR count). The summed E-state index contributed by atoms with van der Waals surface area (Å²) in [6.45, 7) is 1.34. The van der Waals surface area contributed by atoms with Gasteiger partial charge in [-0.2, -0.15) is 4.98 Å². The highest BCUT2D eigenvalue weighted by Gasteiger charge is 2.11. The summed E-state index contributed by atoms with van der Waals surface area (Å²) in [6.07, 6.45) is 1.80. The lowest BCUT2D eigenvalue weighted by Crippen LogP contribution is -2.20. The Morgan fingerprint density at radius 1 is 0.828 bits per heavy atom. The molecule has 0 unspecified atom stereocenters. The highest BCUT2D eigenvalue weighted by Crippen LogP contribution is 2.23. The molecule has 29 heavy (non-hydrogen) atoms. The minimum atomic E-state index is 0.605. The molecule has 1 N–H and O–H groups in total. The van der Waals surface area contributed by atoms with Crippen molar-refractivity contribution >= 4 is 11.8 Å². The van der Waals surface area contributed by atoms with E-state index in [1.807, 2.05) is 67.7 Å². The highest BCUT2D eigenvalue weighted by atomic mass is 15.2. The first kappa shape index (κ1) is 18.6. The van der Waals surface area contributed by atoms with Crippen LogP contribution in [0.3, 0.4) is 0 Å². The minimum Gasteiger partial charge on any atom is -0.364 e. The summed E-state index contributed by atoms with van der Waals surface area (Å²) in [5.41, 5.74) is 4.13. The Kier molecular flexibility index (Phi) is 5.76. The molecule has 0 aliphatic heterocycles. The minimum absolute atomic E-state index is 0.605. The van der Waals surface area contributed by atoms with Crippen LogP contribution in [0.5, 0.6) is 0 Å². The van der Waals surface area contributed by atoms with Gasteiger partial charge in [0.25, 0.3) is 0 Å². The summed E-state index contributed by atoms with van der Waals surface area (Å²) in [5, 5.41) is 3.39. The summed E-state index contributed by atoms with van der Waals surface area (Å²) in [5.74, 6) is 1.46. The summed E-state index contributed by atoms with van der Waals surface area (Å²) in [6, 6.07) is 28.4. The monoisotopic (exact) mass is 381 g/mol. The van der Waals surface area contributed by atoms with Crippen LogP contribution in [0.25, 0.3) is 11.3 Å². The zero-order valence-corrected chi connectivity index (χ0v) is 16.4. The van der Waals surface area contributed by atoms with Crippen LogP contribution in [0.1, 0.15) is 11.3 Å². The van der Waals surface area contributed by atoms with Crippen LogP contribution in [-0.2, 0) is 13.1 Å². The molecule has 0 amide bonds. The standard InChI is InChI=1S/C24H23N5/c1-29(18-19-10-4-2-5-11-19)24-27-22(20-12-6-3-7-13-20)16-23(28-24)26-17-21-14-8-9-15-25-21/h2-16H,17-18H2,1H3,(H,26,27,28). The van der Waals surface area contributed by atoms with Gasteiger partial charge in [-0.3, -0.25) is 4.98 Å². The Morgan fingerprint density at radius 3 is 2.28 bits per heavy atom. The summed E-state index contributed by atoms with van der Waals surface area (Å²) < 4.78 is 0. The van der Waals surface area contributed by atoms with Crippen LogP contribution >= 0.6 is 0 Å². The molecular weight excluding hydrogens is 358 g/mol. The van der Waals surface area contributed by atoms with E-state index in [4.69, 9.17) is 9.97 Å². The Morgan fingerprint density at radius 2 is 1.55 bits per heavy atom. The van der Waals surface area contributed by atoms with Gasteiger partial charge < -0.3 is 10.2 Å². The first-order chi connectivity index (χ1) is 14.3. The number of nitrogens with one attached hydrogen (secondary N) is 1. The molecule has 0 bridgehead atoms. The number of pyridine rings is 1. The zero-order chi connectivity index (χ0) is 19.9. The average Bonchev–Trinajstić information content (AvgIpc) is 2.79. The smallest absolute Gasteiger partial charge is 0.227 e. The van der Waals surface area contributed by atoms with E-state index < -0.39 is 0 Å². The van der Waals surface area contributed by atoms with Gasteiger partial charge in [0.1, 0.15) is 5.82 Å². The molecule has 0 spiro atoms. The molecule has 4 aromatic rings. The van der Waals surface area contributed by atoms with Crippen molar-refractivity contribution in [2.24, 2.45) is 0 Å². The third-order valence-electron chi connectivity index (χ3n) is 4.56. The van der Waals surface area contributed by atoms with Gasteiger partial charge in [-0.1, -0.05) is 66.7 Å². The van der Waals surface area contributed by atoms with E-state index in [-0.39, 0.29) is 0 Å². The van der Waals surface area contributed by atoms with Crippen LogP contribution in [0.4, 0.5) is 11.8 Å². The Balaban J connectivity index is 1.62. The summed E-state index contributed by atoms with van der Waals surface area (Å²) in [7, 11) is 2.01. The van der Waals surface area contributed by atoms with Gasteiger partial charge in [-0.25, -0.2) is 4.98 Å². The first-order valence-corrected chi connectivity index (χ1v) is 9.61. The number of nitrogens with zero attached hydrogens (tertiary/aromatic N) is 4. The van der Waals surface area contributed by atoms with Gasteiger partial charge in [0.15, 0.2) is 0 Å². The normalized spacial score (nSPS) is 10.5. The lowest BCUT2D eigenvalue weighted by Gasteiger charge is -2.19. The van der Waals surface area contributed by atoms with Crippen LogP contribution in [-0.4, -0.2) is 22.0 Å². The van der Waals surface area contributed by atoms with Crippen molar-refractivity contribution in [1.82, 2.24) is 15.0 Å². The molecule has 0 aliphatic carbocycles. The third kappa shape index (κ3) is 4.96. The molecule has 2 aromatic heterocycles. The fraction of sp³-hybridized carbons (Fsp3) is 0.125. The Hall–Kier alpha value is -3.73. The topological polar surface area (TPSA) is 53.9 Å². The third-order valence-corrected chi connectivity index (χ3v) is 4.56. The molecule has 0 fully saturated rings. The second kappa shape index (κ2) is 8.97. The number of benzene rings is 2. The van der Waals surface area contributed by atoms with Crippen molar-refractivity contribution in [3.8, 4) is 11.3 Å². The van der Waals surface area contributed by atoms with E-state index in [0.29, 0.717) is 12.5 Å². The van der Waals surface area contributed by atoms with Crippen molar-refractivity contribution in [2.45, 2.75) is 13.1 Å². The summed E-state index contributed by atoms with van der Waals surface area (Å²) >= 11 is 0. The van der Waals surface area contributed by atoms with Crippen molar-refractivity contribution in [1.29, 1.82) is 0 Å². The summed E-state index contributed by atoms with van der Waals surface area (Å²) in [4.78, 5) is 16.0. The molecule has 144 valence electrons. The van der Waals surface area contributed by atoms with Gasteiger partial charge in [-0.15, -0.1) is 0 Å². The van der Waals surface area contributed by atoms with Crippen molar-refractivity contribution in [2.75, 3.05) is 17.3 Å². The largest absolute Gasteiger partial charge is 0.364 e. The number of hydrogen-bond donors (Lipinski definition) is 1. The Bertz CT molecular complexity index is 1040. The Labute approximate surface area is 171 Å². The van der Waals surface area contributed by atoms with E-state index in [0.717, 1.165) is 29.3 Å². The van der Waals surface area contributed by atoms with Gasteiger partial charge in [0.2, 0.25) is 5.95 Å². The van der Waals surface area contributed by atoms with E-state index >= 15 is 0 Å². The quantitative estimate of drug-likeness (QED) is 0.499. The lowest BCUT2D eigenvalue weighted by molar-refractivity contribution is 0.866. The molecule has 5 nitrogen and oxygen atoms in total. The molecule has 0 saturated heterocycles. The predicted molar refractivity (Wildman–Crippen MR) is 118 cm³/mol. The molecule has 0 radical (unpaired) electrons. The van der Waals surface area contributed by atoms with E-state index in [2.05, 4.69) is 39.5 Å².